The highest BCUT2D eigenvalue weighted by atomic mass is 32.2. The van der Waals surface area contributed by atoms with Crippen LogP contribution in [0, 0.1) is 5.82 Å². The fraction of sp³-hybridized carbons (Fsp3) is 0.211. The van der Waals surface area contributed by atoms with E-state index in [0.717, 1.165) is 33.4 Å². The molecule has 0 spiro atoms. The summed E-state index contributed by atoms with van der Waals surface area (Å²) in [6.07, 6.45) is 2.23. The minimum absolute atomic E-state index is 0.00948. The SMILES string of the molecule is O=C1Nc2ccccc2CC[C@@H]1Sc1nnc(Cc2ccc(F)cc2)s1. The normalized spacial score (nSPS) is 16.7. The fourth-order valence-electron chi connectivity index (χ4n) is 2.86. The van der Waals surface area contributed by atoms with E-state index in [2.05, 4.69) is 21.6 Å². The number of nitrogens with one attached hydrogen (secondary N) is 1. The molecule has 0 fully saturated rings. The predicted octanol–water partition coefficient (Wildman–Crippen LogP) is 4.31. The Bertz CT molecular complexity index is 927. The number of aryl methyl sites for hydroxylation is 1. The first-order chi connectivity index (χ1) is 12.7. The molecule has 0 saturated carbocycles. The van der Waals surface area contributed by atoms with Crippen molar-refractivity contribution in [1.29, 1.82) is 0 Å². The molecular formula is C19H16FN3OS2. The van der Waals surface area contributed by atoms with Crippen LogP contribution in [0.2, 0.25) is 0 Å². The number of hydrogen-bond donors (Lipinski definition) is 1. The van der Waals surface area contributed by atoms with Crippen LogP contribution in [0.4, 0.5) is 10.1 Å². The topological polar surface area (TPSA) is 54.9 Å². The summed E-state index contributed by atoms with van der Waals surface area (Å²) >= 11 is 2.95. The van der Waals surface area contributed by atoms with Gasteiger partial charge in [-0.15, -0.1) is 10.2 Å². The van der Waals surface area contributed by atoms with Crippen LogP contribution in [0.1, 0.15) is 22.6 Å². The van der Waals surface area contributed by atoms with Gasteiger partial charge in [-0.1, -0.05) is 53.4 Å². The molecule has 1 aliphatic heterocycles. The smallest absolute Gasteiger partial charge is 0.237 e. The number of carbonyl (C=O) groups excluding carboxylic acids is 1. The van der Waals surface area contributed by atoms with Gasteiger partial charge in [0.2, 0.25) is 5.91 Å². The molecule has 1 N–H and O–H groups in total. The molecule has 4 rings (SSSR count). The number of hydrogen-bond acceptors (Lipinski definition) is 5. The third kappa shape index (κ3) is 3.94. The van der Waals surface area contributed by atoms with E-state index < -0.39 is 0 Å². The molecule has 1 aromatic heterocycles. The van der Waals surface area contributed by atoms with E-state index in [1.54, 1.807) is 12.1 Å². The number of thioether (sulfide) groups is 1. The Morgan fingerprint density at radius 2 is 1.96 bits per heavy atom. The Labute approximate surface area is 158 Å². The highest BCUT2D eigenvalue weighted by Gasteiger charge is 2.25. The first kappa shape index (κ1) is 17.2. The molecule has 4 nitrogen and oxygen atoms in total. The lowest BCUT2D eigenvalue weighted by molar-refractivity contribution is -0.115. The van der Waals surface area contributed by atoms with Gasteiger partial charge < -0.3 is 5.32 Å². The minimum Gasteiger partial charge on any atom is -0.325 e. The summed E-state index contributed by atoms with van der Waals surface area (Å²) in [5.41, 5.74) is 3.05. The van der Waals surface area contributed by atoms with E-state index in [0.29, 0.717) is 6.42 Å². The van der Waals surface area contributed by atoms with Crippen LogP contribution >= 0.6 is 23.1 Å². The zero-order chi connectivity index (χ0) is 17.9. The first-order valence-electron chi connectivity index (χ1n) is 8.29. The molecular weight excluding hydrogens is 369 g/mol. The standard InChI is InChI=1S/C19H16FN3OS2/c20-14-8-5-12(6-9-14)11-17-22-23-19(26-17)25-16-10-7-13-3-1-2-4-15(13)21-18(16)24/h1-6,8-9,16H,7,10-11H2,(H,21,24)/t16-/m0/s1. The third-order valence-electron chi connectivity index (χ3n) is 4.20. The Balaban J connectivity index is 1.42. The van der Waals surface area contributed by atoms with Gasteiger partial charge >= 0.3 is 0 Å². The van der Waals surface area contributed by atoms with Crippen molar-refractivity contribution in [1.82, 2.24) is 10.2 Å². The number of rotatable bonds is 4. The van der Waals surface area contributed by atoms with Crippen LogP contribution in [0.3, 0.4) is 0 Å². The summed E-state index contributed by atoms with van der Waals surface area (Å²) in [4.78, 5) is 12.5. The summed E-state index contributed by atoms with van der Waals surface area (Å²) in [5, 5.41) is 12.1. The summed E-state index contributed by atoms with van der Waals surface area (Å²) in [5.74, 6) is -0.238. The van der Waals surface area contributed by atoms with Crippen molar-refractivity contribution in [3.8, 4) is 0 Å². The largest absolute Gasteiger partial charge is 0.325 e. The van der Waals surface area contributed by atoms with Crippen LogP contribution in [0.15, 0.2) is 52.9 Å². The molecule has 0 saturated heterocycles. The van der Waals surface area contributed by atoms with Crippen molar-refractivity contribution in [3.05, 3.63) is 70.5 Å². The van der Waals surface area contributed by atoms with Crippen molar-refractivity contribution in [3.63, 3.8) is 0 Å². The summed E-state index contributed by atoms with van der Waals surface area (Å²) in [6, 6.07) is 14.3. The summed E-state index contributed by atoms with van der Waals surface area (Å²) in [6.45, 7) is 0. The van der Waals surface area contributed by atoms with E-state index >= 15 is 0 Å². The molecule has 2 heterocycles. The van der Waals surface area contributed by atoms with Gasteiger partial charge in [-0.05, 0) is 42.2 Å². The number of aromatic nitrogens is 2. The average molecular weight is 385 g/mol. The van der Waals surface area contributed by atoms with Crippen LogP contribution in [0.5, 0.6) is 0 Å². The molecule has 0 aliphatic carbocycles. The van der Waals surface area contributed by atoms with Crippen molar-refractivity contribution in [2.75, 3.05) is 5.32 Å². The van der Waals surface area contributed by atoms with Crippen LogP contribution in [0.25, 0.3) is 0 Å². The molecule has 1 aliphatic rings. The number of nitrogens with zero attached hydrogens (tertiary/aromatic N) is 2. The van der Waals surface area contributed by atoms with E-state index in [-0.39, 0.29) is 17.0 Å². The number of anilines is 1. The fourth-order valence-corrected chi connectivity index (χ4v) is 5.03. The molecule has 132 valence electrons. The Kier molecular flexibility index (Phi) is 4.99. The van der Waals surface area contributed by atoms with Crippen LogP contribution in [-0.4, -0.2) is 21.4 Å². The zero-order valence-electron chi connectivity index (χ0n) is 13.8. The number of fused-ring (bicyclic) bond motifs is 1. The highest BCUT2D eigenvalue weighted by molar-refractivity contribution is 8.02. The maximum absolute atomic E-state index is 13.0. The average Bonchev–Trinajstić information content (AvgIpc) is 3.01. The molecule has 0 radical (unpaired) electrons. The predicted molar refractivity (Wildman–Crippen MR) is 102 cm³/mol. The molecule has 0 bridgehead atoms. The van der Waals surface area contributed by atoms with Crippen LogP contribution < -0.4 is 5.32 Å². The van der Waals surface area contributed by atoms with Gasteiger partial charge in [0.15, 0.2) is 4.34 Å². The van der Waals surface area contributed by atoms with Crippen molar-refractivity contribution in [2.45, 2.75) is 28.9 Å². The van der Waals surface area contributed by atoms with Gasteiger partial charge in [0.1, 0.15) is 10.8 Å². The number of halogens is 1. The molecule has 3 aromatic rings. The monoisotopic (exact) mass is 385 g/mol. The van der Waals surface area contributed by atoms with Crippen molar-refractivity contribution in [2.24, 2.45) is 0 Å². The molecule has 26 heavy (non-hydrogen) atoms. The molecule has 0 unspecified atom stereocenters. The summed E-state index contributed by atoms with van der Waals surface area (Å²) < 4.78 is 13.8. The van der Waals surface area contributed by atoms with E-state index in [1.807, 2.05) is 18.2 Å². The molecule has 1 amide bonds. The second-order valence-corrected chi connectivity index (χ2v) is 8.57. The Morgan fingerprint density at radius 1 is 1.15 bits per heavy atom. The summed E-state index contributed by atoms with van der Waals surface area (Å²) in [7, 11) is 0. The van der Waals surface area contributed by atoms with Gasteiger partial charge in [0.05, 0.1) is 5.25 Å². The number of amides is 1. The first-order valence-corrected chi connectivity index (χ1v) is 9.99. The molecule has 1 atom stereocenters. The number of carbonyl (C=O) groups is 1. The van der Waals surface area contributed by atoms with Gasteiger partial charge in [-0.3, -0.25) is 4.79 Å². The van der Waals surface area contributed by atoms with Crippen molar-refractivity contribution < 1.29 is 9.18 Å². The van der Waals surface area contributed by atoms with Gasteiger partial charge in [0, 0.05) is 12.1 Å². The van der Waals surface area contributed by atoms with Gasteiger partial charge in [-0.25, -0.2) is 4.39 Å². The lowest BCUT2D eigenvalue weighted by Gasteiger charge is -2.10. The Morgan fingerprint density at radius 3 is 2.81 bits per heavy atom. The van der Waals surface area contributed by atoms with Crippen molar-refractivity contribution >= 4 is 34.7 Å². The second kappa shape index (κ2) is 7.55. The third-order valence-corrected chi connectivity index (χ3v) is 6.48. The van der Waals surface area contributed by atoms with E-state index in [1.165, 1.54) is 40.8 Å². The maximum atomic E-state index is 13.0. The van der Waals surface area contributed by atoms with Gasteiger partial charge in [0.25, 0.3) is 0 Å². The van der Waals surface area contributed by atoms with E-state index in [9.17, 15) is 9.18 Å². The van der Waals surface area contributed by atoms with Gasteiger partial charge in [-0.2, -0.15) is 0 Å². The van der Waals surface area contributed by atoms with Crippen LogP contribution in [-0.2, 0) is 17.6 Å². The quantitative estimate of drug-likeness (QED) is 0.727. The zero-order valence-corrected chi connectivity index (χ0v) is 15.4. The molecule has 2 aromatic carbocycles. The second-order valence-electron chi connectivity index (χ2n) is 6.06. The Hall–Kier alpha value is -2.25. The highest BCUT2D eigenvalue weighted by Crippen LogP contribution is 2.33. The lowest BCUT2D eigenvalue weighted by Crippen LogP contribution is -2.23. The lowest BCUT2D eigenvalue weighted by atomic mass is 10.1. The minimum atomic E-state index is -0.248. The number of para-hydroxylation sites is 1. The maximum Gasteiger partial charge on any atom is 0.237 e. The molecule has 7 heteroatoms. The number of benzene rings is 2. The van der Waals surface area contributed by atoms with E-state index in [4.69, 9.17) is 0 Å².